The molecule has 0 saturated heterocycles. The van der Waals surface area contributed by atoms with Crippen molar-refractivity contribution < 1.29 is 13.6 Å². The van der Waals surface area contributed by atoms with Crippen LogP contribution in [0.1, 0.15) is 5.56 Å². The highest BCUT2D eigenvalue weighted by atomic mass is 35.5. The van der Waals surface area contributed by atoms with Gasteiger partial charge in [-0.25, -0.2) is 8.78 Å². The largest absolute Gasteiger partial charge is 0.341 e. The lowest BCUT2D eigenvalue weighted by atomic mass is 10.2. The Labute approximate surface area is 198 Å². The van der Waals surface area contributed by atoms with Crippen LogP contribution < -0.4 is 0 Å². The Balaban J connectivity index is 1.56. The molecule has 0 aliphatic carbocycles. The van der Waals surface area contributed by atoms with Crippen molar-refractivity contribution in [3.63, 3.8) is 0 Å². The highest BCUT2D eigenvalue weighted by Crippen LogP contribution is 2.28. The van der Waals surface area contributed by atoms with Crippen LogP contribution in [-0.4, -0.2) is 43.4 Å². The molecule has 0 atom stereocenters. The van der Waals surface area contributed by atoms with E-state index in [1.165, 1.54) is 40.9 Å². The van der Waals surface area contributed by atoms with E-state index >= 15 is 0 Å². The highest BCUT2D eigenvalue weighted by molar-refractivity contribution is 7.99. The third-order valence-electron chi connectivity index (χ3n) is 4.86. The maximum atomic E-state index is 14.1. The molecule has 2 aromatic heterocycles. The van der Waals surface area contributed by atoms with E-state index in [2.05, 4.69) is 15.2 Å². The molecule has 1 amide bonds. The van der Waals surface area contributed by atoms with E-state index in [0.717, 1.165) is 5.56 Å². The molecule has 0 spiro atoms. The molecule has 0 fully saturated rings. The highest BCUT2D eigenvalue weighted by Gasteiger charge is 2.19. The molecule has 0 bridgehead atoms. The molecule has 0 unspecified atom stereocenters. The van der Waals surface area contributed by atoms with Crippen LogP contribution in [0.25, 0.3) is 17.1 Å². The Morgan fingerprint density at radius 2 is 1.79 bits per heavy atom. The summed E-state index contributed by atoms with van der Waals surface area (Å²) in [6.45, 7) is 0.0395. The first-order valence-corrected chi connectivity index (χ1v) is 11.2. The van der Waals surface area contributed by atoms with Crippen molar-refractivity contribution in [1.82, 2.24) is 24.6 Å². The molecule has 0 radical (unpaired) electrons. The standard InChI is InChI=1S/C23H18ClF2N5OS/c1-30(13-18-19(24)3-2-4-20(18)26)21(32)14-33-23-29-28-22(15-9-11-27-12-10-15)31(23)17-7-5-16(25)6-8-17/h2-12H,13-14H2,1H3. The lowest BCUT2D eigenvalue weighted by Gasteiger charge is -2.18. The molecule has 4 aromatic rings. The number of rotatable bonds is 7. The predicted molar refractivity (Wildman–Crippen MR) is 123 cm³/mol. The van der Waals surface area contributed by atoms with Crippen LogP contribution in [-0.2, 0) is 11.3 Å². The number of hydrogen-bond donors (Lipinski definition) is 0. The van der Waals surface area contributed by atoms with Gasteiger partial charge in [0.05, 0.1) is 5.75 Å². The van der Waals surface area contributed by atoms with Crippen molar-refractivity contribution >= 4 is 29.3 Å². The number of pyridine rings is 1. The summed E-state index contributed by atoms with van der Waals surface area (Å²) in [7, 11) is 1.58. The van der Waals surface area contributed by atoms with Gasteiger partial charge in [0.2, 0.25) is 5.91 Å². The topological polar surface area (TPSA) is 63.9 Å². The number of nitrogens with zero attached hydrogens (tertiary/aromatic N) is 5. The number of hydrogen-bond acceptors (Lipinski definition) is 5. The molecule has 0 aliphatic heterocycles. The Kier molecular flexibility index (Phi) is 7.00. The van der Waals surface area contributed by atoms with Crippen molar-refractivity contribution in [2.45, 2.75) is 11.7 Å². The van der Waals surface area contributed by atoms with Crippen LogP contribution in [0.5, 0.6) is 0 Å². The van der Waals surface area contributed by atoms with Crippen molar-refractivity contribution in [3.05, 3.63) is 89.2 Å². The molecular weight excluding hydrogens is 468 g/mol. The first-order valence-electron chi connectivity index (χ1n) is 9.85. The molecule has 0 N–H and O–H groups in total. The lowest BCUT2D eigenvalue weighted by Crippen LogP contribution is -2.28. The molecule has 6 nitrogen and oxygen atoms in total. The first-order chi connectivity index (χ1) is 15.9. The zero-order valence-electron chi connectivity index (χ0n) is 17.5. The van der Waals surface area contributed by atoms with Crippen LogP contribution in [0, 0.1) is 11.6 Å². The van der Waals surface area contributed by atoms with Crippen molar-refractivity contribution in [3.8, 4) is 17.1 Å². The van der Waals surface area contributed by atoms with E-state index in [-0.39, 0.29) is 34.6 Å². The fourth-order valence-electron chi connectivity index (χ4n) is 3.12. The summed E-state index contributed by atoms with van der Waals surface area (Å²) in [5.74, 6) is -0.495. The fraction of sp³-hybridized carbons (Fsp3) is 0.130. The Morgan fingerprint density at radius 3 is 2.48 bits per heavy atom. The number of thioether (sulfide) groups is 1. The van der Waals surface area contributed by atoms with Gasteiger partial charge in [0.25, 0.3) is 0 Å². The number of amides is 1. The molecular formula is C23H18ClF2N5OS. The third kappa shape index (κ3) is 5.20. The summed E-state index contributed by atoms with van der Waals surface area (Å²) >= 11 is 7.26. The van der Waals surface area contributed by atoms with E-state index in [4.69, 9.17) is 11.6 Å². The third-order valence-corrected chi connectivity index (χ3v) is 6.13. The first kappa shape index (κ1) is 22.9. The van der Waals surface area contributed by atoms with Crippen LogP contribution in [0.2, 0.25) is 5.02 Å². The predicted octanol–water partition coefficient (Wildman–Crippen LogP) is 5.01. The summed E-state index contributed by atoms with van der Waals surface area (Å²) < 4.78 is 29.3. The molecule has 168 valence electrons. The molecule has 33 heavy (non-hydrogen) atoms. The molecule has 0 saturated carbocycles. The Morgan fingerprint density at radius 1 is 1.06 bits per heavy atom. The second-order valence-electron chi connectivity index (χ2n) is 7.09. The van der Waals surface area contributed by atoms with E-state index in [1.807, 2.05) is 0 Å². The number of carbonyl (C=O) groups is 1. The second kappa shape index (κ2) is 10.1. The zero-order chi connectivity index (χ0) is 23.4. The van der Waals surface area contributed by atoms with Gasteiger partial charge in [-0.2, -0.15) is 0 Å². The van der Waals surface area contributed by atoms with Gasteiger partial charge >= 0.3 is 0 Å². The minimum Gasteiger partial charge on any atom is -0.341 e. The van der Waals surface area contributed by atoms with Crippen LogP contribution in [0.4, 0.5) is 8.78 Å². The molecule has 4 rings (SSSR count). The number of halogens is 3. The number of carbonyl (C=O) groups excluding carboxylic acids is 1. The second-order valence-corrected chi connectivity index (χ2v) is 8.44. The summed E-state index contributed by atoms with van der Waals surface area (Å²) in [5.41, 5.74) is 1.68. The quantitative estimate of drug-likeness (QED) is 0.344. The van der Waals surface area contributed by atoms with E-state index < -0.39 is 5.82 Å². The van der Waals surface area contributed by atoms with Gasteiger partial charge in [0.15, 0.2) is 11.0 Å². The van der Waals surface area contributed by atoms with Gasteiger partial charge in [0, 0.05) is 47.8 Å². The molecule has 2 aromatic carbocycles. The normalized spacial score (nSPS) is 10.9. The maximum absolute atomic E-state index is 14.1. The smallest absolute Gasteiger partial charge is 0.233 e. The zero-order valence-corrected chi connectivity index (χ0v) is 19.0. The van der Waals surface area contributed by atoms with E-state index in [0.29, 0.717) is 16.7 Å². The van der Waals surface area contributed by atoms with Crippen molar-refractivity contribution in [2.24, 2.45) is 0 Å². The summed E-state index contributed by atoms with van der Waals surface area (Å²) in [5, 5.41) is 9.24. The lowest BCUT2D eigenvalue weighted by molar-refractivity contribution is -0.127. The molecule has 2 heterocycles. The summed E-state index contributed by atoms with van der Waals surface area (Å²) in [6.07, 6.45) is 3.27. The van der Waals surface area contributed by atoms with E-state index in [1.54, 1.807) is 54.3 Å². The maximum Gasteiger partial charge on any atom is 0.233 e. The van der Waals surface area contributed by atoms with Crippen LogP contribution in [0.15, 0.2) is 72.1 Å². The number of aromatic nitrogens is 4. The minimum atomic E-state index is -0.465. The minimum absolute atomic E-state index is 0.0395. The number of benzene rings is 2. The van der Waals surface area contributed by atoms with Crippen LogP contribution >= 0.6 is 23.4 Å². The summed E-state index contributed by atoms with van der Waals surface area (Å²) in [4.78, 5) is 18.2. The van der Waals surface area contributed by atoms with E-state index in [9.17, 15) is 13.6 Å². The Bertz CT molecular complexity index is 1250. The van der Waals surface area contributed by atoms with Crippen molar-refractivity contribution in [1.29, 1.82) is 0 Å². The SMILES string of the molecule is CN(Cc1c(F)cccc1Cl)C(=O)CSc1nnc(-c2ccncc2)n1-c1ccc(F)cc1. The van der Waals surface area contributed by atoms with Crippen LogP contribution in [0.3, 0.4) is 0 Å². The van der Waals surface area contributed by atoms with Gasteiger partial charge in [-0.15, -0.1) is 10.2 Å². The fourth-order valence-corrected chi connectivity index (χ4v) is 4.23. The van der Waals surface area contributed by atoms with Gasteiger partial charge in [0.1, 0.15) is 11.6 Å². The van der Waals surface area contributed by atoms with Gasteiger partial charge in [-0.1, -0.05) is 29.4 Å². The average Bonchev–Trinajstić information content (AvgIpc) is 3.25. The van der Waals surface area contributed by atoms with Gasteiger partial charge in [-0.05, 0) is 48.5 Å². The Hall–Kier alpha value is -3.30. The van der Waals surface area contributed by atoms with Crippen molar-refractivity contribution in [2.75, 3.05) is 12.8 Å². The molecule has 0 aliphatic rings. The van der Waals surface area contributed by atoms with Gasteiger partial charge < -0.3 is 4.90 Å². The average molecular weight is 486 g/mol. The summed E-state index contributed by atoms with van der Waals surface area (Å²) in [6, 6.07) is 13.9. The molecule has 10 heteroatoms. The van der Waals surface area contributed by atoms with Gasteiger partial charge in [-0.3, -0.25) is 14.3 Å². The monoisotopic (exact) mass is 485 g/mol.